The highest BCUT2D eigenvalue weighted by molar-refractivity contribution is 7.17. The molecular formula is C40H41Cl2N3O2S. The van der Waals surface area contributed by atoms with Gasteiger partial charge < -0.3 is 15.1 Å². The standard InChI is InChI=1S/C40H41Cl2N3O2S/c1-23-14-32-38(36-24(2)22-48-39(23)36)28(19-42)21-44(32)34(46)15-25-10-12-26(13-11-25)16-35(47)45-20-27(18-41)37-30-9-7-6-8-29(30)31(17-33(37)45)43-40(3,4)5/h6-14,17,22,27-28,43H,15-16,18-21H2,1-5H3/t27-,28-/m1/s1. The molecule has 248 valence electrons. The van der Waals surface area contributed by atoms with Crippen molar-refractivity contribution < 1.29 is 9.59 Å². The Balaban J connectivity index is 1.10. The highest BCUT2D eigenvalue weighted by Crippen LogP contribution is 2.47. The Labute approximate surface area is 296 Å². The Morgan fingerprint density at radius 3 is 1.90 bits per heavy atom. The van der Waals surface area contributed by atoms with E-state index >= 15 is 0 Å². The lowest BCUT2D eigenvalue weighted by Crippen LogP contribution is -2.32. The number of hydrogen-bond donors (Lipinski definition) is 1. The van der Waals surface area contributed by atoms with Gasteiger partial charge in [-0.15, -0.1) is 34.5 Å². The first kappa shape index (κ1) is 32.9. The number of nitrogens with one attached hydrogen (secondary N) is 1. The molecule has 1 aromatic heterocycles. The quantitative estimate of drug-likeness (QED) is 0.172. The molecule has 3 heterocycles. The number of aryl methyl sites for hydroxylation is 2. The first-order valence-electron chi connectivity index (χ1n) is 16.6. The van der Waals surface area contributed by atoms with Gasteiger partial charge in [0.2, 0.25) is 11.8 Å². The zero-order valence-corrected chi connectivity index (χ0v) is 30.5. The van der Waals surface area contributed by atoms with E-state index < -0.39 is 0 Å². The number of rotatable bonds is 7. The average Bonchev–Trinajstić information content (AvgIpc) is 3.74. The van der Waals surface area contributed by atoms with Crippen molar-refractivity contribution in [1.82, 2.24) is 0 Å². The van der Waals surface area contributed by atoms with Crippen molar-refractivity contribution >= 4 is 84.3 Å². The number of fused-ring (bicyclic) bond motifs is 6. The SMILES string of the molecule is Cc1cc2c(c3c(C)csc13)[C@H](CCl)CN2C(=O)Cc1ccc(CC(=O)N2C[C@@H](CCl)c3c2cc(NC(C)(C)C)c2ccccc32)cc1. The van der Waals surface area contributed by atoms with E-state index in [1.807, 2.05) is 34.1 Å². The van der Waals surface area contributed by atoms with Gasteiger partial charge in [-0.25, -0.2) is 0 Å². The maximum atomic E-state index is 13.9. The van der Waals surface area contributed by atoms with Crippen molar-refractivity contribution in [2.75, 3.05) is 40.0 Å². The van der Waals surface area contributed by atoms with Gasteiger partial charge in [0.15, 0.2) is 0 Å². The third-order valence-electron chi connectivity index (χ3n) is 9.72. The summed E-state index contributed by atoms with van der Waals surface area (Å²) in [4.78, 5) is 31.5. The molecular weight excluding hydrogens is 657 g/mol. The minimum Gasteiger partial charge on any atom is -0.380 e. The molecule has 0 bridgehead atoms. The van der Waals surface area contributed by atoms with Gasteiger partial charge in [-0.1, -0.05) is 48.5 Å². The number of anilines is 3. The molecule has 2 atom stereocenters. The van der Waals surface area contributed by atoms with Crippen LogP contribution in [0.5, 0.6) is 0 Å². The van der Waals surface area contributed by atoms with Gasteiger partial charge in [-0.3, -0.25) is 9.59 Å². The van der Waals surface area contributed by atoms with Gasteiger partial charge in [0.1, 0.15) is 0 Å². The second-order valence-electron chi connectivity index (χ2n) is 14.4. The van der Waals surface area contributed by atoms with Crippen LogP contribution < -0.4 is 15.1 Å². The van der Waals surface area contributed by atoms with E-state index in [9.17, 15) is 9.59 Å². The number of halogens is 2. The number of nitrogens with zero attached hydrogens (tertiary/aromatic N) is 2. The Morgan fingerprint density at radius 2 is 1.33 bits per heavy atom. The second-order valence-corrected chi connectivity index (χ2v) is 15.9. The van der Waals surface area contributed by atoms with E-state index in [4.69, 9.17) is 23.2 Å². The van der Waals surface area contributed by atoms with Gasteiger partial charge in [0.05, 0.1) is 12.8 Å². The zero-order chi connectivity index (χ0) is 33.9. The maximum Gasteiger partial charge on any atom is 0.231 e. The van der Waals surface area contributed by atoms with Crippen LogP contribution in [-0.4, -0.2) is 42.2 Å². The lowest BCUT2D eigenvalue weighted by Gasteiger charge is -2.26. The normalized spacial score (nSPS) is 17.3. The molecule has 8 heteroatoms. The Kier molecular flexibility index (Phi) is 8.72. The first-order valence-corrected chi connectivity index (χ1v) is 18.6. The molecule has 2 amide bonds. The molecule has 48 heavy (non-hydrogen) atoms. The summed E-state index contributed by atoms with van der Waals surface area (Å²) < 4.78 is 1.28. The molecule has 2 aliphatic rings. The molecule has 0 radical (unpaired) electrons. The monoisotopic (exact) mass is 697 g/mol. The lowest BCUT2D eigenvalue weighted by molar-refractivity contribution is -0.118. The fraction of sp³-hybridized carbons (Fsp3) is 0.350. The van der Waals surface area contributed by atoms with Crippen molar-refractivity contribution in [1.29, 1.82) is 0 Å². The van der Waals surface area contributed by atoms with Crippen molar-refractivity contribution in [2.45, 2.75) is 64.8 Å². The number of thiophene rings is 1. The molecule has 5 nitrogen and oxygen atoms in total. The molecule has 7 rings (SSSR count). The third-order valence-corrected chi connectivity index (χ3v) is 11.7. The summed E-state index contributed by atoms with van der Waals surface area (Å²) in [5, 5.41) is 9.39. The van der Waals surface area contributed by atoms with E-state index in [0.717, 1.165) is 44.5 Å². The number of hydrogen-bond acceptors (Lipinski definition) is 4. The van der Waals surface area contributed by atoms with Crippen LogP contribution in [0.4, 0.5) is 17.1 Å². The highest BCUT2D eigenvalue weighted by atomic mass is 35.5. The van der Waals surface area contributed by atoms with Crippen molar-refractivity contribution in [3.8, 4) is 0 Å². The van der Waals surface area contributed by atoms with Gasteiger partial charge in [0.25, 0.3) is 0 Å². The fourth-order valence-corrected chi connectivity index (χ4v) is 9.13. The lowest BCUT2D eigenvalue weighted by atomic mass is 9.94. The molecule has 0 aliphatic carbocycles. The smallest absolute Gasteiger partial charge is 0.231 e. The molecule has 0 fully saturated rings. The van der Waals surface area contributed by atoms with E-state index in [0.29, 0.717) is 24.8 Å². The van der Waals surface area contributed by atoms with Gasteiger partial charge in [-0.2, -0.15) is 0 Å². The average molecular weight is 699 g/mol. The van der Waals surface area contributed by atoms with Gasteiger partial charge >= 0.3 is 0 Å². The highest BCUT2D eigenvalue weighted by Gasteiger charge is 2.36. The van der Waals surface area contributed by atoms with Gasteiger partial charge in [0, 0.05) is 74.8 Å². The summed E-state index contributed by atoms with van der Waals surface area (Å²) in [5.74, 6) is 1.20. The Hall–Kier alpha value is -3.58. The topological polar surface area (TPSA) is 52.7 Å². The summed E-state index contributed by atoms with van der Waals surface area (Å²) in [6.07, 6.45) is 0.555. The van der Waals surface area contributed by atoms with Crippen LogP contribution in [-0.2, 0) is 22.4 Å². The molecule has 0 spiro atoms. The van der Waals surface area contributed by atoms with Crippen LogP contribution in [0.2, 0.25) is 0 Å². The Morgan fingerprint density at radius 1 is 0.792 bits per heavy atom. The predicted molar refractivity (Wildman–Crippen MR) is 204 cm³/mol. The number of carbonyl (C=O) groups excluding carboxylic acids is 2. The van der Waals surface area contributed by atoms with Crippen LogP contribution in [0, 0.1) is 13.8 Å². The summed E-state index contributed by atoms with van der Waals surface area (Å²) in [7, 11) is 0. The zero-order valence-electron chi connectivity index (χ0n) is 28.1. The molecule has 0 saturated heterocycles. The van der Waals surface area contributed by atoms with Crippen molar-refractivity contribution in [3.63, 3.8) is 0 Å². The summed E-state index contributed by atoms with van der Waals surface area (Å²) in [5.41, 5.74) is 9.44. The molecule has 5 aromatic rings. The number of alkyl halides is 2. The van der Waals surface area contributed by atoms with Gasteiger partial charge in [-0.05, 0) is 90.9 Å². The summed E-state index contributed by atoms with van der Waals surface area (Å²) in [6, 6.07) is 20.6. The van der Waals surface area contributed by atoms with Crippen LogP contribution in [0.3, 0.4) is 0 Å². The van der Waals surface area contributed by atoms with Crippen LogP contribution in [0.25, 0.3) is 20.9 Å². The minimum absolute atomic E-state index is 0.0379. The minimum atomic E-state index is -0.141. The van der Waals surface area contributed by atoms with Crippen LogP contribution in [0.15, 0.2) is 66.0 Å². The van der Waals surface area contributed by atoms with E-state index in [1.165, 1.54) is 26.8 Å². The molecule has 1 N–H and O–H groups in total. The molecule has 0 unspecified atom stereocenters. The first-order chi connectivity index (χ1) is 23.0. The van der Waals surface area contributed by atoms with E-state index in [1.54, 1.807) is 11.3 Å². The van der Waals surface area contributed by atoms with Crippen molar-refractivity contribution in [3.05, 3.63) is 99.4 Å². The second kappa shape index (κ2) is 12.7. The van der Waals surface area contributed by atoms with Crippen LogP contribution in [0.1, 0.15) is 66.0 Å². The largest absolute Gasteiger partial charge is 0.380 e. The van der Waals surface area contributed by atoms with E-state index in [2.05, 4.69) is 81.7 Å². The third kappa shape index (κ3) is 5.86. The van der Waals surface area contributed by atoms with Crippen LogP contribution >= 0.6 is 34.5 Å². The number of amides is 2. The predicted octanol–water partition coefficient (Wildman–Crippen LogP) is 9.71. The fourth-order valence-electron chi connectivity index (χ4n) is 7.58. The Bertz CT molecular complexity index is 2060. The summed E-state index contributed by atoms with van der Waals surface area (Å²) >= 11 is 14.7. The summed E-state index contributed by atoms with van der Waals surface area (Å²) in [6.45, 7) is 11.8. The molecule has 0 saturated carbocycles. The molecule has 4 aromatic carbocycles. The van der Waals surface area contributed by atoms with E-state index in [-0.39, 0.29) is 42.0 Å². The number of benzene rings is 4. The molecule has 2 aliphatic heterocycles. The number of carbonyl (C=O) groups is 2. The van der Waals surface area contributed by atoms with Crippen molar-refractivity contribution in [2.24, 2.45) is 0 Å². The maximum absolute atomic E-state index is 13.9.